The molecule has 0 saturated carbocycles. The van der Waals surface area contributed by atoms with Crippen LogP contribution in [0.2, 0.25) is 0 Å². The van der Waals surface area contributed by atoms with Gasteiger partial charge in [0.1, 0.15) is 0 Å². The lowest BCUT2D eigenvalue weighted by molar-refractivity contribution is -0.378. The largest absolute Gasteiger partial charge is 0.218 e. The number of nitrogens with one attached hydrogen (secondary N) is 1. The Balaban J connectivity index is 1.70. The van der Waals surface area contributed by atoms with Crippen LogP contribution in [-0.2, 0) is 6.42 Å². The Morgan fingerprint density at radius 2 is 0.917 bits per heavy atom. The van der Waals surface area contributed by atoms with Crippen LogP contribution in [0.5, 0.6) is 0 Å². The molecule has 24 heavy (non-hydrogen) atoms. The van der Waals surface area contributed by atoms with Gasteiger partial charge in [0.2, 0.25) is 0 Å². The molecule has 1 aromatic rings. The Morgan fingerprint density at radius 1 is 0.542 bits per heavy atom. The minimum atomic E-state index is 1.24. The van der Waals surface area contributed by atoms with Crippen LogP contribution >= 0.6 is 0 Å². The first-order valence-electron chi connectivity index (χ1n) is 10.9. The lowest BCUT2D eigenvalue weighted by Crippen LogP contribution is -1.98. The van der Waals surface area contributed by atoms with Crippen molar-refractivity contribution in [3.05, 3.63) is 30.1 Å². The number of aromatic amines is 1. The molecule has 0 unspecified atom stereocenters. The second kappa shape index (κ2) is 17.0. The van der Waals surface area contributed by atoms with Crippen molar-refractivity contribution < 1.29 is 4.98 Å². The first-order chi connectivity index (χ1) is 11.9. The van der Waals surface area contributed by atoms with Gasteiger partial charge in [-0.1, -0.05) is 103 Å². The van der Waals surface area contributed by atoms with Crippen molar-refractivity contribution in [2.45, 2.75) is 116 Å². The molecule has 1 heteroatoms. The zero-order valence-corrected chi connectivity index (χ0v) is 16.3. The van der Waals surface area contributed by atoms with E-state index >= 15 is 0 Å². The number of unbranched alkanes of at least 4 members (excludes halogenated alkanes) is 15. The molecule has 0 aliphatic carbocycles. The third kappa shape index (κ3) is 13.6. The van der Waals surface area contributed by atoms with Crippen LogP contribution in [0.15, 0.2) is 24.5 Å². The normalized spacial score (nSPS) is 11.0. The van der Waals surface area contributed by atoms with Crippen molar-refractivity contribution in [3.63, 3.8) is 0 Å². The maximum Gasteiger partial charge on any atom is 0.167 e. The Bertz CT molecular complexity index is 346. The number of H-pyrrole nitrogens is 1. The maximum atomic E-state index is 3.09. The number of rotatable bonds is 17. The summed E-state index contributed by atoms with van der Waals surface area (Å²) in [6.07, 6.45) is 28.4. The van der Waals surface area contributed by atoms with Crippen molar-refractivity contribution in [1.82, 2.24) is 0 Å². The van der Waals surface area contributed by atoms with Gasteiger partial charge in [-0.2, -0.15) is 0 Å². The highest BCUT2D eigenvalue weighted by atomic mass is 14.6. The quantitative estimate of drug-likeness (QED) is 0.266. The van der Waals surface area contributed by atoms with Gasteiger partial charge in [-0.3, -0.25) is 0 Å². The van der Waals surface area contributed by atoms with Crippen LogP contribution in [0, 0.1) is 0 Å². The highest BCUT2D eigenvalue weighted by Gasteiger charge is 1.96. The van der Waals surface area contributed by atoms with E-state index in [2.05, 4.69) is 24.0 Å². The minimum Gasteiger partial charge on any atom is -0.218 e. The van der Waals surface area contributed by atoms with Crippen molar-refractivity contribution in [2.24, 2.45) is 0 Å². The molecule has 0 atom stereocenters. The van der Waals surface area contributed by atoms with Gasteiger partial charge in [-0.25, -0.2) is 4.98 Å². The van der Waals surface area contributed by atoms with E-state index in [9.17, 15) is 0 Å². The zero-order chi connectivity index (χ0) is 17.1. The predicted molar refractivity (Wildman–Crippen MR) is 106 cm³/mol. The molecule has 1 aromatic heterocycles. The van der Waals surface area contributed by atoms with Gasteiger partial charge >= 0.3 is 0 Å². The van der Waals surface area contributed by atoms with E-state index in [4.69, 9.17) is 0 Å². The molecule has 0 aromatic carbocycles. The third-order valence-corrected chi connectivity index (χ3v) is 5.11. The molecule has 0 fully saturated rings. The van der Waals surface area contributed by atoms with Crippen molar-refractivity contribution in [1.29, 1.82) is 0 Å². The van der Waals surface area contributed by atoms with Crippen molar-refractivity contribution in [2.75, 3.05) is 0 Å². The van der Waals surface area contributed by atoms with E-state index in [1.165, 1.54) is 115 Å². The SMILES string of the molecule is CCCCCCCCCCCCCCCCCCc1cc[nH+]cc1. The van der Waals surface area contributed by atoms with E-state index in [0.29, 0.717) is 0 Å². The Labute approximate surface area is 151 Å². The summed E-state index contributed by atoms with van der Waals surface area (Å²) in [5, 5.41) is 0. The zero-order valence-electron chi connectivity index (χ0n) is 16.3. The maximum absolute atomic E-state index is 3.09. The molecule has 0 aliphatic rings. The average Bonchev–Trinajstić information content (AvgIpc) is 2.62. The van der Waals surface area contributed by atoms with Crippen molar-refractivity contribution >= 4 is 0 Å². The number of pyridine rings is 1. The summed E-state index contributed by atoms with van der Waals surface area (Å²) in [6.45, 7) is 2.30. The number of aryl methyl sites for hydroxylation is 1. The standard InChI is InChI=1S/C23H41N/c1-2-3-4-5-6-7-8-9-10-11-12-13-14-15-16-17-18-23-19-21-24-22-20-23/h19-22H,2-18H2,1H3/p+1. The van der Waals surface area contributed by atoms with Crippen LogP contribution in [-0.4, -0.2) is 0 Å². The van der Waals surface area contributed by atoms with Crippen LogP contribution in [0.4, 0.5) is 0 Å². The summed E-state index contributed by atoms with van der Waals surface area (Å²) in [6, 6.07) is 4.40. The van der Waals surface area contributed by atoms with Gasteiger partial charge in [0.15, 0.2) is 12.4 Å². The molecular weight excluding hydrogens is 290 g/mol. The Hall–Kier alpha value is -0.850. The molecule has 1 heterocycles. The number of hydrogen-bond donors (Lipinski definition) is 0. The molecule has 0 spiro atoms. The Kier molecular flexibility index (Phi) is 15.0. The molecule has 0 aliphatic heterocycles. The first-order valence-corrected chi connectivity index (χ1v) is 10.9. The van der Waals surface area contributed by atoms with E-state index in [-0.39, 0.29) is 0 Å². The second-order valence-electron chi connectivity index (χ2n) is 7.46. The summed E-state index contributed by atoms with van der Waals surface area (Å²) in [5.74, 6) is 0. The molecular formula is C23H42N+. The van der Waals surface area contributed by atoms with Gasteiger partial charge in [0, 0.05) is 12.1 Å². The second-order valence-corrected chi connectivity index (χ2v) is 7.46. The molecule has 0 saturated heterocycles. The smallest absolute Gasteiger partial charge is 0.167 e. The predicted octanol–water partition coefficient (Wildman–Crippen LogP) is 7.30. The number of aromatic nitrogens is 1. The lowest BCUT2D eigenvalue weighted by atomic mass is 10.0. The molecule has 1 N–H and O–H groups in total. The van der Waals surface area contributed by atoms with Crippen LogP contribution in [0.3, 0.4) is 0 Å². The molecule has 0 radical (unpaired) electrons. The van der Waals surface area contributed by atoms with Crippen LogP contribution in [0.1, 0.15) is 115 Å². The first kappa shape index (κ1) is 21.2. The van der Waals surface area contributed by atoms with Crippen molar-refractivity contribution in [3.8, 4) is 0 Å². The molecule has 0 amide bonds. The molecule has 1 nitrogen and oxygen atoms in total. The van der Waals surface area contributed by atoms with E-state index in [1.807, 2.05) is 12.4 Å². The fourth-order valence-electron chi connectivity index (χ4n) is 3.47. The highest BCUT2D eigenvalue weighted by molar-refractivity contribution is 5.06. The Morgan fingerprint density at radius 3 is 1.33 bits per heavy atom. The highest BCUT2D eigenvalue weighted by Crippen LogP contribution is 2.14. The summed E-state index contributed by atoms with van der Waals surface area (Å²) in [5.41, 5.74) is 1.47. The van der Waals surface area contributed by atoms with E-state index < -0.39 is 0 Å². The van der Waals surface area contributed by atoms with Crippen LogP contribution in [0.25, 0.3) is 0 Å². The third-order valence-electron chi connectivity index (χ3n) is 5.11. The van der Waals surface area contributed by atoms with Gasteiger partial charge in [0.05, 0.1) is 0 Å². The summed E-state index contributed by atoms with van der Waals surface area (Å²) in [7, 11) is 0. The fraction of sp³-hybridized carbons (Fsp3) is 0.783. The van der Waals surface area contributed by atoms with Gasteiger partial charge in [0.25, 0.3) is 0 Å². The topological polar surface area (TPSA) is 14.1 Å². The van der Waals surface area contributed by atoms with Gasteiger partial charge in [-0.15, -0.1) is 0 Å². The van der Waals surface area contributed by atoms with E-state index in [0.717, 1.165) is 0 Å². The summed E-state index contributed by atoms with van der Waals surface area (Å²) < 4.78 is 0. The summed E-state index contributed by atoms with van der Waals surface area (Å²) in [4.78, 5) is 3.09. The average molecular weight is 333 g/mol. The van der Waals surface area contributed by atoms with Crippen LogP contribution < -0.4 is 4.98 Å². The molecule has 138 valence electrons. The lowest BCUT2D eigenvalue weighted by Gasteiger charge is -2.03. The summed E-state index contributed by atoms with van der Waals surface area (Å²) >= 11 is 0. The molecule has 1 rings (SSSR count). The molecule has 0 bridgehead atoms. The van der Waals surface area contributed by atoms with Gasteiger partial charge < -0.3 is 0 Å². The van der Waals surface area contributed by atoms with Gasteiger partial charge in [-0.05, 0) is 18.4 Å². The van der Waals surface area contributed by atoms with E-state index in [1.54, 1.807) is 0 Å². The number of hydrogen-bond acceptors (Lipinski definition) is 0. The fourth-order valence-corrected chi connectivity index (χ4v) is 3.47. The minimum absolute atomic E-state index is 1.24. The monoisotopic (exact) mass is 332 g/mol.